The summed E-state index contributed by atoms with van der Waals surface area (Å²) in [6, 6.07) is 15.2. The highest BCUT2D eigenvalue weighted by molar-refractivity contribution is 6.30. The monoisotopic (exact) mass is 327 g/mol. The molecule has 3 aromatic rings. The van der Waals surface area contributed by atoms with E-state index in [0.29, 0.717) is 17.9 Å². The van der Waals surface area contributed by atoms with E-state index in [4.69, 9.17) is 11.6 Å². The minimum atomic E-state index is -0.158. The van der Waals surface area contributed by atoms with Crippen molar-refractivity contribution >= 4 is 28.5 Å². The summed E-state index contributed by atoms with van der Waals surface area (Å²) >= 11 is 5.95. The highest BCUT2D eigenvalue weighted by Crippen LogP contribution is 2.16. The third kappa shape index (κ3) is 3.90. The van der Waals surface area contributed by atoms with Crippen LogP contribution in [0.2, 0.25) is 5.02 Å². The van der Waals surface area contributed by atoms with Crippen molar-refractivity contribution in [2.45, 2.75) is 25.8 Å². The van der Waals surface area contributed by atoms with Crippen molar-refractivity contribution in [3.8, 4) is 0 Å². The van der Waals surface area contributed by atoms with Gasteiger partial charge in [0.25, 0.3) is 0 Å². The Kier molecular flexibility index (Phi) is 4.63. The van der Waals surface area contributed by atoms with Crippen molar-refractivity contribution < 1.29 is 4.79 Å². The Hall–Kier alpha value is -2.33. The molecular formula is C18H18ClN3O. The van der Waals surface area contributed by atoms with Crippen LogP contribution >= 0.6 is 11.6 Å². The van der Waals surface area contributed by atoms with Crippen LogP contribution in [0.25, 0.3) is 11.0 Å². The predicted molar refractivity (Wildman–Crippen MR) is 92.4 cm³/mol. The molecular weight excluding hydrogens is 310 g/mol. The van der Waals surface area contributed by atoms with Crippen LogP contribution in [0.4, 0.5) is 0 Å². The highest BCUT2D eigenvalue weighted by atomic mass is 35.5. The van der Waals surface area contributed by atoms with Crippen molar-refractivity contribution in [3.05, 3.63) is 64.9 Å². The maximum absolute atomic E-state index is 12.1. The number of aryl methyl sites for hydroxylation is 1. The number of carbonyl (C=O) groups is 1. The molecule has 1 atom stereocenters. The molecule has 0 saturated heterocycles. The van der Waals surface area contributed by atoms with Crippen molar-refractivity contribution in [1.29, 1.82) is 0 Å². The Bertz CT molecular complexity index is 795. The number of imidazole rings is 1. The Balaban J connectivity index is 1.58. The number of fused-ring (bicyclic) bond motifs is 1. The van der Waals surface area contributed by atoms with Gasteiger partial charge in [-0.15, -0.1) is 0 Å². The SMILES string of the molecule is CC(NC(=O)CCc1cccc(Cl)c1)c1nc2ccccc2[nH]1. The summed E-state index contributed by atoms with van der Waals surface area (Å²) in [6.45, 7) is 1.93. The molecule has 5 heteroatoms. The number of nitrogens with zero attached hydrogens (tertiary/aromatic N) is 1. The molecule has 0 aliphatic heterocycles. The fourth-order valence-corrected chi connectivity index (χ4v) is 2.72. The number of hydrogen-bond donors (Lipinski definition) is 2. The first-order valence-corrected chi connectivity index (χ1v) is 7.98. The molecule has 3 rings (SSSR count). The maximum atomic E-state index is 12.1. The number of carbonyl (C=O) groups excluding carboxylic acids is 1. The van der Waals surface area contributed by atoms with Crippen LogP contribution < -0.4 is 5.32 Å². The fraction of sp³-hybridized carbons (Fsp3) is 0.222. The first-order chi connectivity index (χ1) is 11.1. The first kappa shape index (κ1) is 15.6. The minimum absolute atomic E-state index is 0.00192. The van der Waals surface area contributed by atoms with Crippen molar-refractivity contribution in [2.75, 3.05) is 0 Å². The summed E-state index contributed by atoms with van der Waals surface area (Å²) in [5.74, 6) is 0.764. The number of aromatic amines is 1. The van der Waals surface area contributed by atoms with Crippen LogP contribution in [0, 0.1) is 0 Å². The molecule has 1 heterocycles. The van der Waals surface area contributed by atoms with E-state index in [1.165, 1.54) is 0 Å². The number of para-hydroxylation sites is 2. The number of halogens is 1. The second-order valence-corrected chi connectivity index (χ2v) is 5.99. The molecule has 0 aliphatic rings. The molecule has 0 radical (unpaired) electrons. The number of nitrogens with one attached hydrogen (secondary N) is 2. The Labute approximate surface area is 139 Å². The van der Waals surface area contributed by atoms with E-state index in [0.717, 1.165) is 22.4 Å². The summed E-state index contributed by atoms with van der Waals surface area (Å²) in [4.78, 5) is 19.9. The van der Waals surface area contributed by atoms with Gasteiger partial charge >= 0.3 is 0 Å². The van der Waals surface area contributed by atoms with E-state index in [-0.39, 0.29) is 11.9 Å². The van der Waals surface area contributed by atoms with Gasteiger partial charge in [0, 0.05) is 11.4 Å². The second kappa shape index (κ2) is 6.84. The Morgan fingerprint density at radius 2 is 2.09 bits per heavy atom. The largest absolute Gasteiger partial charge is 0.346 e. The molecule has 1 aromatic heterocycles. The third-order valence-electron chi connectivity index (χ3n) is 3.73. The standard InChI is InChI=1S/C18H18ClN3O/c1-12(18-21-15-7-2-3-8-16(15)22-18)20-17(23)10-9-13-5-4-6-14(19)11-13/h2-8,11-12H,9-10H2,1H3,(H,20,23)(H,21,22). The Morgan fingerprint density at radius 3 is 2.87 bits per heavy atom. The van der Waals surface area contributed by atoms with Crippen LogP contribution in [0.5, 0.6) is 0 Å². The van der Waals surface area contributed by atoms with Crippen LogP contribution in [-0.2, 0) is 11.2 Å². The molecule has 23 heavy (non-hydrogen) atoms. The smallest absolute Gasteiger partial charge is 0.220 e. The van der Waals surface area contributed by atoms with Gasteiger partial charge in [0.05, 0.1) is 17.1 Å². The van der Waals surface area contributed by atoms with Gasteiger partial charge in [-0.25, -0.2) is 4.98 Å². The number of benzene rings is 2. The average Bonchev–Trinajstić information content (AvgIpc) is 2.97. The molecule has 1 amide bonds. The zero-order chi connectivity index (χ0) is 16.2. The number of hydrogen-bond acceptors (Lipinski definition) is 2. The molecule has 0 aliphatic carbocycles. The molecule has 0 bridgehead atoms. The Morgan fingerprint density at radius 1 is 1.26 bits per heavy atom. The number of amides is 1. The first-order valence-electron chi connectivity index (χ1n) is 7.60. The van der Waals surface area contributed by atoms with Gasteiger partial charge in [-0.2, -0.15) is 0 Å². The predicted octanol–water partition coefficient (Wildman–Crippen LogP) is 4.03. The normalized spacial score (nSPS) is 12.3. The quantitative estimate of drug-likeness (QED) is 0.743. The highest BCUT2D eigenvalue weighted by Gasteiger charge is 2.13. The van der Waals surface area contributed by atoms with Crippen LogP contribution in [-0.4, -0.2) is 15.9 Å². The summed E-state index contributed by atoms with van der Waals surface area (Å²) in [5.41, 5.74) is 2.94. The van der Waals surface area contributed by atoms with E-state index in [1.807, 2.05) is 55.5 Å². The summed E-state index contributed by atoms with van der Waals surface area (Å²) < 4.78 is 0. The van der Waals surface area contributed by atoms with Gasteiger partial charge in [-0.1, -0.05) is 35.9 Å². The molecule has 118 valence electrons. The molecule has 0 fully saturated rings. The zero-order valence-electron chi connectivity index (χ0n) is 12.8. The van der Waals surface area contributed by atoms with Crippen LogP contribution in [0.15, 0.2) is 48.5 Å². The van der Waals surface area contributed by atoms with Crippen LogP contribution in [0.3, 0.4) is 0 Å². The molecule has 1 unspecified atom stereocenters. The molecule has 0 spiro atoms. The average molecular weight is 328 g/mol. The van der Waals surface area contributed by atoms with E-state index >= 15 is 0 Å². The maximum Gasteiger partial charge on any atom is 0.220 e. The topological polar surface area (TPSA) is 57.8 Å². The van der Waals surface area contributed by atoms with Gasteiger partial charge in [0.15, 0.2) is 0 Å². The van der Waals surface area contributed by atoms with Gasteiger partial charge in [0.2, 0.25) is 5.91 Å². The lowest BCUT2D eigenvalue weighted by molar-refractivity contribution is -0.121. The summed E-state index contributed by atoms with van der Waals surface area (Å²) in [5, 5.41) is 3.67. The van der Waals surface area contributed by atoms with E-state index in [9.17, 15) is 4.79 Å². The van der Waals surface area contributed by atoms with Gasteiger partial charge in [-0.3, -0.25) is 4.79 Å². The van der Waals surface area contributed by atoms with E-state index in [2.05, 4.69) is 15.3 Å². The van der Waals surface area contributed by atoms with Crippen molar-refractivity contribution in [1.82, 2.24) is 15.3 Å². The van der Waals surface area contributed by atoms with Crippen molar-refractivity contribution in [2.24, 2.45) is 0 Å². The van der Waals surface area contributed by atoms with E-state index < -0.39 is 0 Å². The second-order valence-electron chi connectivity index (χ2n) is 5.56. The molecule has 2 N–H and O–H groups in total. The lowest BCUT2D eigenvalue weighted by Crippen LogP contribution is -2.27. The number of H-pyrrole nitrogens is 1. The van der Waals surface area contributed by atoms with Crippen molar-refractivity contribution in [3.63, 3.8) is 0 Å². The minimum Gasteiger partial charge on any atom is -0.346 e. The summed E-state index contributed by atoms with van der Waals surface area (Å²) in [7, 11) is 0. The zero-order valence-corrected chi connectivity index (χ0v) is 13.6. The molecule has 4 nitrogen and oxygen atoms in total. The lowest BCUT2D eigenvalue weighted by atomic mass is 10.1. The van der Waals surface area contributed by atoms with E-state index in [1.54, 1.807) is 0 Å². The number of aromatic nitrogens is 2. The van der Waals surface area contributed by atoms with Gasteiger partial charge in [-0.05, 0) is 43.2 Å². The lowest BCUT2D eigenvalue weighted by Gasteiger charge is -2.11. The fourth-order valence-electron chi connectivity index (χ4n) is 2.51. The number of rotatable bonds is 5. The van der Waals surface area contributed by atoms with Gasteiger partial charge in [0.1, 0.15) is 5.82 Å². The van der Waals surface area contributed by atoms with Gasteiger partial charge < -0.3 is 10.3 Å². The molecule has 2 aromatic carbocycles. The third-order valence-corrected chi connectivity index (χ3v) is 3.96. The molecule has 0 saturated carbocycles. The summed E-state index contributed by atoms with van der Waals surface area (Å²) in [6.07, 6.45) is 1.09. The van der Waals surface area contributed by atoms with Crippen LogP contribution in [0.1, 0.15) is 30.8 Å².